The predicted molar refractivity (Wildman–Crippen MR) is 61.1 cm³/mol. The molecular formula is C12H12N2O3. The number of nitrogens with zero attached hydrogens (tertiary/aromatic N) is 1. The minimum Gasteiger partial charge on any atom is -0.462 e. The molecule has 1 aromatic heterocycles. The van der Waals surface area contributed by atoms with Crippen LogP contribution in [0.5, 0.6) is 0 Å². The Morgan fingerprint density at radius 3 is 2.82 bits per heavy atom. The number of aromatic amines is 1. The molecule has 1 rings (SSSR count). The largest absolute Gasteiger partial charge is 0.462 e. The maximum Gasteiger partial charge on any atom is 0.348 e. The number of carbonyl (C=O) groups is 2. The first-order valence-corrected chi connectivity index (χ1v) is 5.06. The SMILES string of the molecule is CCOC(=O)/C(C#N)=C/c1[nH]c(C=O)cc1C. The van der Waals surface area contributed by atoms with Crippen LogP contribution in [0.2, 0.25) is 0 Å². The highest BCUT2D eigenvalue weighted by Gasteiger charge is 2.11. The first kappa shape index (κ1) is 12.7. The lowest BCUT2D eigenvalue weighted by molar-refractivity contribution is -0.137. The zero-order valence-corrected chi connectivity index (χ0v) is 9.61. The first-order valence-electron chi connectivity index (χ1n) is 5.06. The van der Waals surface area contributed by atoms with E-state index >= 15 is 0 Å². The molecule has 0 aromatic carbocycles. The molecule has 0 aliphatic heterocycles. The highest BCUT2D eigenvalue weighted by molar-refractivity contribution is 5.98. The third-order valence-corrected chi connectivity index (χ3v) is 2.11. The summed E-state index contributed by atoms with van der Waals surface area (Å²) < 4.78 is 4.73. The van der Waals surface area contributed by atoms with Crippen LogP contribution in [-0.4, -0.2) is 23.8 Å². The van der Waals surface area contributed by atoms with E-state index in [1.807, 2.05) is 0 Å². The van der Waals surface area contributed by atoms with Gasteiger partial charge in [-0.2, -0.15) is 5.26 Å². The van der Waals surface area contributed by atoms with Gasteiger partial charge in [0.15, 0.2) is 6.29 Å². The molecule has 0 saturated carbocycles. The molecule has 0 fully saturated rings. The minimum absolute atomic E-state index is 0.103. The van der Waals surface area contributed by atoms with E-state index in [0.29, 0.717) is 17.7 Å². The van der Waals surface area contributed by atoms with Crippen molar-refractivity contribution in [3.63, 3.8) is 0 Å². The number of rotatable bonds is 4. The Kier molecular flexibility index (Phi) is 4.23. The fraction of sp³-hybridized carbons (Fsp3) is 0.250. The van der Waals surface area contributed by atoms with Gasteiger partial charge in [-0.05, 0) is 31.6 Å². The van der Waals surface area contributed by atoms with E-state index in [1.54, 1.807) is 26.0 Å². The lowest BCUT2D eigenvalue weighted by Gasteiger charge is -1.99. The van der Waals surface area contributed by atoms with Gasteiger partial charge in [0, 0.05) is 5.69 Å². The van der Waals surface area contributed by atoms with Crippen molar-refractivity contribution in [3.05, 3.63) is 28.6 Å². The van der Waals surface area contributed by atoms with Gasteiger partial charge in [0.25, 0.3) is 0 Å². The number of nitriles is 1. The topological polar surface area (TPSA) is 82.9 Å². The second-order valence-corrected chi connectivity index (χ2v) is 3.33. The van der Waals surface area contributed by atoms with Crippen molar-refractivity contribution in [3.8, 4) is 6.07 Å². The van der Waals surface area contributed by atoms with Crippen LogP contribution in [-0.2, 0) is 9.53 Å². The van der Waals surface area contributed by atoms with Crippen molar-refractivity contribution in [1.82, 2.24) is 4.98 Å². The third-order valence-electron chi connectivity index (χ3n) is 2.11. The van der Waals surface area contributed by atoms with Gasteiger partial charge in [0.2, 0.25) is 0 Å². The highest BCUT2D eigenvalue weighted by Crippen LogP contribution is 2.13. The predicted octanol–water partition coefficient (Wildman–Crippen LogP) is 1.61. The number of hydrogen-bond donors (Lipinski definition) is 1. The number of aryl methyl sites for hydroxylation is 1. The molecule has 88 valence electrons. The fourth-order valence-corrected chi connectivity index (χ4v) is 1.30. The van der Waals surface area contributed by atoms with E-state index < -0.39 is 5.97 Å². The average molecular weight is 232 g/mol. The standard InChI is InChI=1S/C12H12N2O3/c1-3-17-12(16)9(6-13)5-11-8(2)4-10(7-15)14-11/h4-5,7,14H,3H2,1-2H3/b9-5+. The number of nitrogens with one attached hydrogen (secondary N) is 1. The van der Waals surface area contributed by atoms with Gasteiger partial charge in [-0.15, -0.1) is 0 Å². The van der Waals surface area contributed by atoms with E-state index in [-0.39, 0.29) is 12.2 Å². The van der Waals surface area contributed by atoms with E-state index in [9.17, 15) is 9.59 Å². The van der Waals surface area contributed by atoms with Crippen LogP contribution in [0.1, 0.15) is 28.7 Å². The Morgan fingerprint density at radius 2 is 2.35 bits per heavy atom. The van der Waals surface area contributed by atoms with Gasteiger partial charge in [0.1, 0.15) is 11.6 Å². The molecule has 0 atom stereocenters. The van der Waals surface area contributed by atoms with Crippen LogP contribution in [0.4, 0.5) is 0 Å². The molecular weight excluding hydrogens is 220 g/mol. The average Bonchev–Trinajstić information content (AvgIpc) is 2.67. The minimum atomic E-state index is -0.670. The molecule has 0 saturated heterocycles. The smallest absolute Gasteiger partial charge is 0.348 e. The molecule has 0 aliphatic rings. The first-order chi connectivity index (χ1) is 8.12. The Hall–Kier alpha value is -2.35. The van der Waals surface area contributed by atoms with Gasteiger partial charge in [-0.25, -0.2) is 4.79 Å². The number of ether oxygens (including phenoxy) is 1. The van der Waals surface area contributed by atoms with Crippen molar-refractivity contribution >= 4 is 18.3 Å². The molecule has 5 heteroatoms. The van der Waals surface area contributed by atoms with Gasteiger partial charge < -0.3 is 9.72 Å². The lowest BCUT2D eigenvalue weighted by atomic mass is 10.2. The van der Waals surface area contributed by atoms with Crippen LogP contribution in [0, 0.1) is 18.3 Å². The second kappa shape index (κ2) is 5.66. The van der Waals surface area contributed by atoms with Crippen LogP contribution in [0.15, 0.2) is 11.6 Å². The molecule has 0 spiro atoms. The van der Waals surface area contributed by atoms with Crippen LogP contribution in [0.25, 0.3) is 6.08 Å². The van der Waals surface area contributed by atoms with E-state index in [1.165, 1.54) is 6.08 Å². The van der Waals surface area contributed by atoms with Crippen LogP contribution < -0.4 is 0 Å². The van der Waals surface area contributed by atoms with Crippen molar-refractivity contribution in [1.29, 1.82) is 5.26 Å². The number of H-pyrrole nitrogens is 1. The molecule has 0 amide bonds. The van der Waals surface area contributed by atoms with Gasteiger partial charge in [-0.1, -0.05) is 0 Å². The van der Waals surface area contributed by atoms with Gasteiger partial charge in [-0.3, -0.25) is 4.79 Å². The fourth-order valence-electron chi connectivity index (χ4n) is 1.30. The Labute approximate surface area is 98.7 Å². The monoisotopic (exact) mass is 232 g/mol. The Bertz CT molecular complexity index is 506. The van der Waals surface area contributed by atoms with Crippen molar-refractivity contribution in [2.45, 2.75) is 13.8 Å². The molecule has 0 radical (unpaired) electrons. The maximum absolute atomic E-state index is 11.4. The van der Waals surface area contributed by atoms with Gasteiger partial charge in [0.05, 0.1) is 12.3 Å². The summed E-state index contributed by atoms with van der Waals surface area (Å²) in [5.41, 5.74) is 1.63. The Morgan fingerprint density at radius 1 is 1.65 bits per heavy atom. The summed E-state index contributed by atoms with van der Waals surface area (Å²) in [6.07, 6.45) is 2.04. The zero-order valence-electron chi connectivity index (χ0n) is 9.61. The number of aromatic nitrogens is 1. The third kappa shape index (κ3) is 3.05. The number of esters is 1. The normalized spacial score (nSPS) is 10.8. The van der Waals surface area contributed by atoms with Crippen molar-refractivity contribution in [2.24, 2.45) is 0 Å². The summed E-state index contributed by atoms with van der Waals surface area (Å²) >= 11 is 0. The van der Waals surface area contributed by atoms with E-state index in [2.05, 4.69) is 4.98 Å². The summed E-state index contributed by atoms with van der Waals surface area (Å²) in [5, 5.41) is 8.84. The van der Waals surface area contributed by atoms with Gasteiger partial charge >= 0.3 is 5.97 Å². The summed E-state index contributed by atoms with van der Waals surface area (Å²) in [5.74, 6) is -0.670. The Balaban J connectivity index is 3.06. The summed E-state index contributed by atoms with van der Waals surface area (Å²) in [6.45, 7) is 3.65. The molecule has 0 unspecified atom stereocenters. The van der Waals surface area contributed by atoms with Crippen molar-refractivity contribution in [2.75, 3.05) is 6.61 Å². The van der Waals surface area contributed by atoms with Crippen LogP contribution >= 0.6 is 0 Å². The molecule has 0 bridgehead atoms. The molecule has 0 aliphatic carbocycles. The second-order valence-electron chi connectivity index (χ2n) is 3.33. The van der Waals surface area contributed by atoms with E-state index in [4.69, 9.17) is 10.00 Å². The molecule has 5 nitrogen and oxygen atoms in total. The number of hydrogen-bond acceptors (Lipinski definition) is 4. The van der Waals surface area contributed by atoms with Crippen molar-refractivity contribution < 1.29 is 14.3 Å². The quantitative estimate of drug-likeness (QED) is 0.370. The molecule has 17 heavy (non-hydrogen) atoms. The molecule has 1 aromatic rings. The molecule has 1 N–H and O–H groups in total. The van der Waals surface area contributed by atoms with E-state index in [0.717, 1.165) is 5.56 Å². The maximum atomic E-state index is 11.4. The number of aldehydes is 1. The summed E-state index contributed by atoms with van der Waals surface area (Å²) in [6, 6.07) is 3.41. The number of carbonyl (C=O) groups excluding carboxylic acids is 2. The summed E-state index contributed by atoms with van der Waals surface area (Å²) in [7, 11) is 0. The molecule has 1 heterocycles. The lowest BCUT2D eigenvalue weighted by Crippen LogP contribution is -2.06. The highest BCUT2D eigenvalue weighted by atomic mass is 16.5. The zero-order chi connectivity index (χ0) is 12.8. The summed E-state index contributed by atoms with van der Waals surface area (Å²) in [4.78, 5) is 24.7. The van der Waals surface area contributed by atoms with Crippen LogP contribution in [0.3, 0.4) is 0 Å².